The van der Waals surface area contributed by atoms with Crippen LogP contribution in [0.5, 0.6) is 0 Å². The van der Waals surface area contributed by atoms with Crippen molar-refractivity contribution in [3.05, 3.63) is 23.7 Å². The molecule has 120 valence electrons. The van der Waals surface area contributed by atoms with Crippen molar-refractivity contribution in [3.63, 3.8) is 0 Å². The van der Waals surface area contributed by atoms with Gasteiger partial charge in [-0.1, -0.05) is 20.8 Å². The summed E-state index contributed by atoms with van der Waals surface area (Å²) in [6, 6.07) is 2.17. The molecule has 1 aliphatic heterocycles. The number of furan rings is 1. The summed E-state index contributed by atoms with van der Waals surface area (Å²) in [5.74, 6) is 1.73. The highest BCUT2D eigenvalue weighted by atomic mass is 16.5. The quantitative estimate of drug-likeness (QED) is 0.759. The van der Waals surface area contributed by atoms with E-state index in [-0.39, 0.29) is 0 Å². The summed E-state index contributed by atoms with van der Waals surface area (Å²) in [5, 5.41) is 3.45. The Bertz CT molecular complexity index is 397. The number of nitrogens with zero attached hydrogens (tertiary/aromatic N) is 1. The van der Waals surface area contributed by atoms with E-state index in [0.717, 1.165) is 45.1 Å². The Hall–Kier alpha value is -0.840. The monoisotopic (exact) mass is 294 g/mol. The molecule has 1 aromatic rings. The lowest BCUT2D eigenvalue weighted by atomic mass is 10.2. The van der Waals surface area contributed by atoms with Gasteiger partial charge in [0.2, 0.25) is 0 Å². The van der Waals surface area contributed by atoms with Gasteiger partial charge in [0.15, 0.2) is 0 Å². The van der Waals surface area contributed by atoms with Gasteiger partial charge in [0.05, 0.1) is 18.9 Å². The van der Waals surface area contributed by atoms with Gasteiger partial charge < -0.3 is 14.5 Å². The van der Waals surface area contributed by atoms with E-state index in [9.17, 15) is 0 Å². The Morgan fingerprint density at radius 2 is 2.29 bits per heavy atom. The standard InChI is InChI=1S/C17H30N2O2/c1-4-19(11-16-6-5-7-20-16)12-17-8-15(13-21-17)10-18-9-14(2)3/h8,13-14,16,18H,4-7,9-12H2,1-3H3. The van der Waals surface area contributed by atoms with E-state index >= 15 is 0 Å². The maximum absolute atomic E-state index is 5.72. The van der Waals surface area contributed by atoms with E-state index in [1.54, 1.807) is 0 Å². The lowest BCUT2D eigenvalue weighted by molar-refractivity contribution is 0.0703. The first-order valence-corrected chi connectivity index (χ1v) is 8.28. The normalized spacial score (nSPS) is 19.0. The van der Waals surface area contributed by atoms with E-state index in [1.165, 1.54) is 18.4 Å². The molecule has 21 heavy (non-hydrogen) atoms. The average molecular weight is 294 g/mol. The van der Waals surface area contributed by atoms with Crippen LogP contribution in [0.4, 0.5) is 0 Å². The van der Waals surface area contributed by atoms with Gasteiger partial charge in [-0.05, 0) is 37.9 Å². The van der Waals surface area contributed by atoms with Crippen molar-refractivity contribution in [1.82, 2.24) is 10.2 Å². The summed E-state index contributed by atoms with van der Waals surface area (Å²) in [5.41, 5.74) is 1.24. The number of likely N-dealkylation sites (N-methyl/N-ethyl adjacent to an activating group) is 1. The molecule has 0 aliphatic carbocycles. The summed E-state index contributed by atoms with van der Waals surface area (Å²) in [6.07, 6.45) is 4.68. The van der Waals surface area contributed by atoms with Gasteiger partial charge in [-0.3, -0.25) is 4.90 Å². The smallest absolute Gasteiger partial charge is 0.118 e. The minimum absolute atomic E-state index is 0.409. The first-order valence-electron chi connectivity index (χ1n) is 8.28. The van der Waals surface area contributed by atoms with Crippen molar-refractivity contribution in [2.45, 2.75) is 52.8 Å². The van der Waals surface area contributed by atoms with Gasteiger partial charge in [-0.2, -0.15) is 0 Å². The van der Waals surface area contributed by atoms with Gasteiger partial charge in [0.1, 0.15) is 5.76 Å². The Kier molecular flexibility index (Phi) is 6.74. The van der Waals surface area contributed by atoms with Crippen molar-refractivity contribution < 1.29 is 9.15 Å². The van der Waals surface area contributed by atoms with Gasteiger partial charge in [0, 0.05) is 25.3 Å². The van der Waals surface area contributed by atoms with Crippen LogP contribution in [0.3, 0.4) is 0 Å². The first-order chi connectivity index (χ1) is 10.2. The summed E-state index contributed by atoms with van der Waals surface area (Å²) in [6.45, 7) is 12.4. The van der Waals surface area contributed by atoms with E-state index in [0.29, 0.717) is 12.0 Å². The fraction of sp³-hybridized carbons (Fsp3) is 0.765. The highest BCUT2D eigenvalue weighted by Gasteiger charge is 2.19. The van der Waals surface area contributed by atoms with Crippen LogP contribution in [0.1, 0.15) is 44.9 Å². The third-order valence-electron chi connectivity index (χ3n) is 3.90. The zero-order valence-corrected chi connectivity index (χ0v) is 13.7. The number of hydrogen-bond donors (Lipinski definition) is 1. The zero-order valence-electron chi connectivity index (χ0n) is 13.7. The molecule has 1 saturated heterocycles. The summed E-state index contributed by atoms with van der Waals surface area (Å²) < 4.78 is 11.4. The lowest BCUT2D eigenvalue weighted by Crippen LogP contribution is -2.31. The molecule has 1 unspecified atom stereocenters. The van der Waals surface area contributed by atoms with Gasteiger partial charge in [-0.25, -0.2) is 0 Å². The van der Waals surface area contributed by atoms with Crippen LogP contribution in [0.25, 0.3) is 0 Å². The molecule has 0 bridgehead atoms. The predicted octanol–water partition coefficient (Wildman–Crippen LogP) is 3.03. The highest BCUT2D eigenvalue weighted by molar-refractivity contribution is 5.12. The molecule has 0 aromatic carbocycles. The Morgan fingerprint density at radius 1 is 1.43 bits per heavy atom. The number of rotatable bonds is 9. The van der Waals surface area contributed by atoms with E-state index in [2.05, 4.69) is 37.1 Å². The average Bonchev–Trinajstić information content (AvgIpc) is 3.09. The number of hydrogen-bond acceptors (Lipinski definition) is 4. The molecule has 4 heteroatoms. The SMILES string of the molecule is CCN(Cc1cc(CNCC(C)C)co1)CC1CCCO1. The minimum atomic E-state index is 0.409. The fourth-order valence-corrected chi connectivity index (χ4v) is 2.71. The highest BCUT2D eigenvalue weighted by Crippen LogP contribution is 2.16. The molecule has 1 N–H and O–H groups in total. The van der Waals surface area contributed by atoms with Gasteiger partial charge in [-0.15, -0.1) is 0 Å². The molecule has 1 fully saturated rings. The van der Waals surface area contributed by atoms with Crippen LogP contribution in [0.15, 0.2) is 16.7 Å². The summed E-state index contributed by atoms with van der Waals surface area (Å²) >= 11 is 0. The van der Waals surface area contributed by atoms with Gasteiger partial charge in [0.25, 0.3) is 0 Å². The topological polar surface area (TPSA) is 37.6 Å². The fourth-order valence-electron chi connectivity index (χ4n) is 2.71. The van der Waals surface area contributed by atoms with E-state index in [1.807, 2.05) is 6.26 Å². The lowest BCUT2D eigenvalue weighted by Gasteiger charge is -2.22. The maximum Gasteiger partial charge on any atom is 0.118 e. The number of ether oxygens (including phenoxy) is 1. The Labute approximate surface area is 128 Å². The molecule has 0 saturated carbocycles. The van der Waals surface area contributed by atoms with Crippen LogP contribution in [-0.4, -0.2) is 37.2 Å². The molecule has 1 aromatic heterocycles. The van der Waals surface area contributed by atoms with Crippen LogP contribution in [0.2, 0.25) is 0 Å². The van der Waals surface area contributed by atoms with Crippen LogP contribution in [-0.2, 0) is 17.8 Å². The zero-order chi connectivity index (χ0) is 15.1. The van der Waals surface area contributed by atoms with Crippen molar-refractivity contribution in [1.29, 1.82) is 0 Å². The third kappa shape index (κ3) is 5.81. The van der Waals surface area contributed by atoms with E-state index < -0.39 is 0 Å². The first kappa shape index (κ1) is 16.5. The van der Waals surface area contributed by atoms with E-state index in [4.69, 9.17) is 9.15 Å². The second kappa shape index (κ2) is 8.57. The summed E-state index contributed by atoms with van der Waals surface area (Å²) in [4.78, 5) is 2.40. The number of nitrogens with one attached hydrogen (secondary N) is 1. The maximum atomic E-state index is 5.72. The van der Waals surface area contributed by atoms with Crippen LogP contribution < -0.4 is 5.32 Å². The third-order valence-corrected chi connectivity index (χ3v) is 3.90. The molecule has 0 radical (unpaired) electrons. The molecule has 2 rings (SSSR count). The van der Waals surface area contributed by atoms with Crippen LogP contribution >= 0.6 is 0 Å². The van der Waals surface area contributed by atoms with Crippen molar-refractivity contribution in [2.24, 2.45) is 5.92 Å². The Morgan fingerprint density at radius 3 is 2.95 bits per heavy atom. The second-order valence-electron chi connectivity index (χ2n) is 6.41. The Balaban J connectivity index is 1.76. The minimum Gasteiger partial charge on any atom is -0.468 e. The molecule has 1 aliphatic rings. The van der Waals surface area contributed by atoms with Crippen molar-refractivity contribution >= 4 is 0 Å². The molecule has 2 heterocycles. The van der Waals surface area contributed by atoms with Crippen molar-refractivity contribution in [3.8, 4) is 0 Å². The molecular formula is C17H30N2O2. The van der Waals surface area contributed by atoms with Crippen molar-refractivity contribution in [2.75, 3.05) is 26.2 Å². The summed E-state index contributed by atoms with van der Waals surface area (Å²) in [7, 11) is 0. The predicted molar refractivity (Wildman–Crippen MR) is 85.2 cm³/mol. The second-order valence-corrected chi connectivity index (χ2v) is 6.41. The van der Waals surface area contributed by atoms with Gasteiger partial charge >= 0.3 is 0 Å². The molecule has 0 spiro atoms. The van der Waals surface area contributed by atoms with Crippen LogP contribution in [0, 0.1) is 5.92 Å². The molecule has 0 amide bonds. The molecule has 1 atom stereocenters. The molecule has 4 nitrogen and oxygen atoms in total. The molecular weight excluding hydrogens is 264 g/mol. The largest absolute Gasteiger partial charge is 0.468 e.